The molecule has 3 aromatic rings. The summed E-state index contributed by atoms with van der Waals surface area (Å²) in [7, 11) is 0. The third-order valence-corrected chi connectivity index (χ3v) is 7.43. The molecule has 1 aliphatic carbocycles. The Morgan fingerprint density at radius 1 is 1.25 bits per heavy atom. The number of hydrogen-bond donors (Lipinski definition) is 1. The smallest absolute Gasteiger partial charge is 0.273 e. The predicted molar refractivity (Wildman–Crippen MR) is 125 cm³/mol. The number of thiophene rings is 1. The van der Waals surface area contributed by atoms with E-state index in [2.05, 4.69) is 32.3 Å². The number of nitro groups is 1. The first kappa shape index (κ1) is 22.8. The van der Waals surface area contributed by atoms with E-state index in [1.807, 2.05) is 0 Å². The van der Waals surface area contributed by atoms with Gasteiger partial charge in [0.2, 0.25) is 0 Å². The van der Waals surface area contributed by atoms with E-state index in [1.54, 1.807) is 23.5 Å². The Bertz CT molecular complexity index is 1020. The summed E-state index contributed by atoms with van der Waals surface area (Å²) in [6, 6.07) is 10.5. The van der Waals surface area contributed by atoms with Crippen LogP contribution in [-0.4, -0.2) is 43.3 Å². The number of benzene rings is 1. The second kappa shape index (κ2) is 10.9. The molecule has 0 saturated heterocycles. The molecule has 1 fully saturated rings. The van der Waals surface area contributed by atoms with Crippen LogP contribution in [0.3, 0.4) is 0 Å². The Balaban J connectivity index is 1.39. The summed E-state index contributed by atoms with van der Waals surface area (Å²) in [4.78, 5) is 11.7. The lowest BCUT2D eigenvalue weighted by Crippen LogP contribution is -2.21. The van der Waals surface area contributed by atoms with Crippen LogP contribution < -0.4 is 4.74 Å². The Morgan fingerprint density at radius 2 is 2.09 bits per heavy atom. The fraction of sp³-hybridized carbons (Fsp3) is 0.455. The quantitative estimate of drug-likeness (QED) is 0.254. The summed E-state index contributed by atoms with van der Waals surface area (Å²) in [6.45, 7) is 0.0494. The van der Waals surface area contributed by atoms with E-state index in [1.165, 1.54) is 48.0 Å². The third-order valence-electron chi connectivity index (χ3n) is 5.46. The molecule has 1 saturated carbocycles. The normalized spacial score (nSPS) is 15.5. The topological polar surface area (TPSA) is 103 Å². The van der Waals surface area contributed by atoms with Gasteiger partial charge in [-0.05, 0) is 30.4 Å². The standard InChI is InChI=1S/C22H26N4O4S2/c27-18(14-30-19-9-4-8-17(12-19)26(28)29)15-32-22-24-23-21(13-20-10-5-11-31-20)25(22)16-6-2-1-3-7-16/h4-5,8-12,16,18,27H,1-3,6-7,13-15H2. The maximum atomic E-state index is 10.9. The molecule has 0 spiro atoms. The van der Waals surface area contributed by atoms with Crippen LogP contribution in [0.15, 0.2) is 46.9 Å². The average Bonchev–Trinajstić information content (AvgIpc) is 3.47. The lowest BCUT2D eigenvalue weighted by atomic mass is 9.95. The second-order valence-electron chi connectivity index (χ2n) is 7.85. The van der Waals surface area contributed by atoms with Gasteiger partial charge in [0.15, 0.2) is 5.16 Å². The van der Waals surface area contributed by atoms with Crippen LogP contribution in [0.1, 0.15) is 48.8 Å². The van der Waals surface area contributed by atoms with Crippen molar-refractivity contribution < 1.29 is 14.8 Å². The van der Waals surface area contributed by atoms with Crippen molar-refractivity contribution >= 4 is 28.8 Å². The fourth-order valence-corrected chi connectivity index (χ4v) is 5.53. The number of nitrogens with zero attached hydrogens (tertiary/aromatic N) is 4. The van der Waals surface area contributed by atoms with E-state index in [0.717, 1.165) is 30.2 Å². The molecule has 8 nitrogen and oxygen atoms in total. The van der Waals surface area contributed by atoms with Gasteiger partial charge in [0.05, 0.1) is 17.1 Å². The van der Waals surface area contributed by atoms with Crippen molar-refractivity contribution in [2.45, 2.75) is 55.8 Å². The highest BCUT2D eigenvalue weighted by Gasteiger charge is 2.24. The van der Waals surface area contributed by atoms with Crippen molar-refractivity contribution in [2.75, 3.05) is 12.4 Å². The largest absolute Gasteiger partial charge is 0.491 e. The van der Waals surface area contributed by atoms with Gasteiger partial charge in [-0.15, -0.1) is 21.5 Å². The van der Waals surface area contributed by atoms with Gasteiger partial charge in [-0.25, -0.2) is 0 Å². The molecule has 1 atom stereocenters. The molecular formula is C22H26N4O4S2. The predicted octanol–water partition coefficient (Wildman–Crippen LogP) is 4.88. The number of rotatable bonds is 10. The first-order valence-electron chi connectivity index (χ1n) is 10.7. The second-order valence-corrected chi connectivity index (χ2v) is 9.87. The number of nitro benzene ring substituents is 1. The highest BCUT2D eigenvalue weighted by atomic mass is 32.2. The Hall–Kier alpha value is -2.43. The highest BCUT2D eigenvalue weighted by molar-refractivity contribution is 7.99. The number of non-ortho nitro benzene ring substituents is 1. The number of hydrogen-bond acceptors (Lipinski definition) is 8. The average molecular weight is 475 g/mol. The van der Waals surface area contributed by atoms with Crippen molar-refractivity contribution in [3.63, 3.8) is 0 Å². The lowest BCUT2D eigenvalue weighted by molar-refractivity contribution is -0.384. The number of thioether (sulfide) groups is 1. The molecule has 1 unspecified atom stereocenters. The molecule has 0 radical (unpaired) electrons. The molecule has 1 aliphatic rings. The summed E-state index contributed by atoms with van der Waals surface area (Å²) in [5.41, 5.74) is -0.0368. The minimum absolute atomic E-state index is 0.0368. The zero-order valence-corrected chi connectivity index (χ0v) is 19.3. The molecule has 2 aromatic heterocycles. The van der Waals surface area contributed by atoms with Crippen molar-refractivity contribution in [3.8, 4) is 5.75 Å². The molecular weight excluding hydrogens is 448 g/mol. The van der Waals surface area contributed by atoms with Crippen LogP contribution in [0.2, 0.25) is 0 Å². The van der Waals surface area contributed by atoms with Gasteiger partial charge >= 0.3 is 0 Å². The van der Waals surface area contributed by atoms with Crippen molar-refractivity contribution in [2.24, 2.45) is 0 Å². The zero-order chi connectivity index (χ0) is 22.3. The van der Waals surface area contributed by atoms with Crippen LogP contribution in [0.4, 0.5) is 5.69 Å². The molecule has 4 rings (SSSR count). The Labute approximate surface area is 194 Å². The molecule has 10 heteroatoms. The first-order chi connectivity index (χ1) is 15.6. The minimum atomic E-state index is -0.739. The zero-order valence-electron chi connectivity index (χ0n) is 17.6. The molecule has 2 heterocycles. The summed E-state index contributed by atoms with van der Waals surface area (Å²) in [5.74, 6) is 1.75. The van der Waals surface area contributed by atoms with Crippen molar-refractivity contribution in [1.29, 1.82) is 0 Å². The van der Waals surface area contributed by atoms with Gasteiger partial charge < -0.3 is 14.4 Å². The Morgan fingerprint density at radius 3 is 2.84 bits per heavy atom. The molecule has 1 N–H and O–H groups in total. The molecule has 0 bridgehead atoms. The third kappa shape index (κ3) is 5.87. The van der Waals surface area contributed by atoms with Crippen LogP contribution in [0, 0.1) is 10.1 Å². The molecule has 170 valence electrons. The maximum Gasteiger partial charge on any atom is 0.273 e. The molecule has 0 amide bonds. The van der Waals surface area contributed by atoms with Gasteiger partial charge in [-0.1, -0.05) is 43.2 Å². The summed E-state index contributed by atoms with van der Waals surface area (Å²) in [6.07, 6.45) is 5.98. The van der Waals surface area contributed by atoms with Gasteiger partial charge in [-0.3, -0.25) is 10.1 Å². The lowest BCUT2D eigenvalue weighted by Gasteiger charge is -2.25. The number of aliphatic hydroxyl groups excluding tert-OH is 1. The van der Waals surface area contributed by atoms with Crippen LogP contribution in [0.5, 0.6) is 5.75 Å². The van der Waals surface area contributed by atoms with Gasteiger partial charge in [0.25, 0.3) is 5.69 Å². The Kier molecular flexibility index (Phi) is 7.77. The van der Waals surface area contributed by atoms with Crippen LogP contribution in [0.25, 0.3) is 0 Å². The first-order valence-corrected chi connectivity index (χ1v) is 12.6. The van der Waals surface area contributed by atoms with E-state index < -0.39 is 11.0 Å². The van der Waals surface area contributed by atoms with E-state index in [-0.39, 0.29) is 12.3 Å². The molecule has 1 aromatic carbocycles. The maximum absolute atomic E-state index is 10.9. The number of ether oxygens (including phenoxy) is 1. The van der Waals surface area contributed by atoms with E-state index in [9.17, 15) is 15.2 Å². The van der Waals surface area contributed by atoms with Crippen molar-refractivity contribution in [3.05, 3.63) is 62.6 Å². The SMILES string of the molecule is O=[N+]([O-])c1cccc(OCC(O)CSc2nnc(Cc3cccs3)n2C2CCCCC2)c1. The van der Waals surface area contributed by atoms with E-state index in [0.29, 0.717) is 17.5 Å². The van der Waals surface area contributed by atoms with E-state index >= 15 is 0 Å². The fourth-order valence-electron chi connectivity index (χ4n) is 3.90. The number of aromatic nitrogens is 3. The van der Waals surface area contributed by atoms with Gasteiger partial charge in [0, 0.05) is 29.2 Å². The summed E-state index contributed by atoms with van der Waals surface area (Å²) >= 11 is 3.20. The van der Waals surface area contributed by atoms with Gasteiger partial charge in [0.1, 0.15) is 18.2 Å². The monoisotopic (exact) mass is 474 g/mol. The van der Waals surface area contributed by atoms with Crippen LogP contribution in [-0.2, 0) is 6.42 Å². The van der Waals surface area contributed by atoms with Crippen molar-refractivity contribution in [1.82, 2.24) is 14.8 Å². The van der Waals surface area contributed by atoms with Gasteiger partial charge in [-0.2, -0.15) is 0 Å². The summed E-state index contributed by atoms with van der Waals surface area (Å²) in [5, 5.41) is 33.2. The highest BCUT2D eigenvalue weighted by Crippen LogP contribution is 2.33. The molecule has 0 aliphatic heterocycles. The number of aliphatic hydroxyl groups is 1. The summed E-state index contributed by atoms with van der Waals surface area (Å²) < 4.78 is 7.84. The molecule has 32 heavy (non-hydrogen) atoms. The minimum Gasteiger partial charge on any atom is -0.491 e. The van der Waals surface area contributed by atoms with Crippen LogP contribution >= 0.6 is 23.1 Å². The van der Waals surface area contributed by atoms with E-state index in [4.69, 9.17) is 4.74 Å².